The first-order valence-corrected chi connectivity index (χ1v) is 8.95. The van der Waals surface area contributed by atoms with Gasteiger partial charge in [0.15, 0.2) is 0 Å². The van der Waals surface area contributed by atoms with Crippen LogP contribution >= 0.6 is 23.2 Å². The topological polar surface area (TPSA) is 39.4 Å². The summed E-state index contributed by atoms with van der Waals surface area (Å²) in [6.45, 7) is 2.27. The smallest absolute Gasteiger partial charge is 0.339 e. The number of benzene rings is 2. The molecule has 128 valence electrons. The van der Waals surface area contributed by atoms with E-state index in [-0.39, 0.29) is 5.63 Å². The number of ether oxygens (including phenoxy) is 1. The summed E-state index contributed by atoms with van der Waals surface area (Å²) in [6.07, 6.45) is 2.75. The molecular formula is C20H16Cl2O3. The van der Waals surface area contributed by atoms with Crippen LogP contribution in [0.2, 0.25) is 10.0 Å². The summed E-state index contributed by atoms with van der Waals surface area (Å²) >= 11 is 12.0. The predicted octanol–water partition coefficient (Wildman–Crippen LogP) is 5.48. The second kappa shape index (κ2) is 6.40. The van der Waals surface area contributed by atoms with E-state index < -0.39 is 0 Å². The van der Waals surface area contributed by atoms with E-state index in [1.54, 1.807) is 12.1 Å². The third-order valence-corrected chi connectivity index (χ3v) is 5.46. The molecule has 3 nitrogen and oxygen atoms in total. The Labute approximate surface area is 155 Å². The first-order chi connectivity index (χ1) is 12.0. The Morgan fingerprint density at radius 3 is 2.68 bits per heavy atom. The van der Waals surface area contributed by atoms with Gasteiger partial charge in [0.05, 0.1) is 10.0 Å². The fourth-order valence-corrected chi connectivity index (χ4v) is 3.73. The second-order valence-corrected chi connectivity index (χ2v) is 7.12. The van der Waals surface area contributed by atoms with Gasteiger partial charge in [-0.25, -0.2) is 4.79 Å². The van der Waals surface area contributed by atoms with E-state index in [0.717, 1.165) is 46.9 Å². The number of hydrogen-bond acceptors (Lipinski definition) is 3. The summed E-state index contributed by atoms with van der Waals surface area (Å²) < 4.78 is 11.5. The largest absolute Gasteiger partial charge is 0.488 e. The van der Waals surface area contributed by atoms with Gasteiger partial charge in [0.2, 0.25) is 0 Å². The van der Waals surface area contributed by atoms with Crippen molar-refractivity contribution < 1.29 is 9.15 Å². The maximum atomic E-state index is 12.2. The minimum Gasteiger partial charge on any atom is -0.488 e. The molecule has 0 aliphatic heterocycles. The van der Waals surface area contributed by atoms with E-state index in [0.29, 0.717) is 28.0 Å². The molecule has 0 atom stereocenters. The van der Waals surface area contributed by atoms with Crippen molar-refractivity contribution in [3.05, 3.63) is 73.1 Å². The predicted molar refractivity (Wildman–Crippen MR) is 100 cm³/mol. The Kier molecular flexibility index (Phi) is 4.22. The molecule has 0 saturated heterocycles. The van der Waals surface area contributed by atoms with Gasteiger partial charge in [0.25, 0.3) is 0 Å². The van der Waals surface area contributed by atoms with Crippen LogP contribution in [0.3, 0.4) is 0 Å². The lowest BCUT2D eigenvalue weighted by atomic mass is 10.0. The highest BCUT2D eigenvalue weighted by Crippen LogP contribution is 2.33. The van der Waals surface area contributed by atoms with Crippen LogP contribution in [-0.4, -0.2) is 0 Å². The van der Waals surface area contributed by atoms with E-state index in [4.69, 9.17) is 32.4 Å². The van der Waals surface area contributed by atoms with Gasteiger partial charge < -0.3 is 9.15 Å². The van der Waals surface area contributed by atoms with Crippen molar-refractivity contribution in [1.29, 1.82) is 0 Å². The third-order valence-electron chi connectivity index (χ3n) is 4.72. The Balaban J connectivity index is 1.69. The quantitative estimate of drug-likeness (QED) is 0.570. The summed E-state index contributed by atoms with van der Waals surface area (Å²) in [5, 5.41) is 2.04. The van der Waals surface area contributed by atoms with Gasteiger partial charge in [-0.15, -0.1) is 0 Å². The molecule has 4 rings (SSSR count). The molecular weight excluding hydrogens is 359 g/mol. The van der Waals surface area contributed by atoms with E-state index in [2.05, 4.69) is 0 Å². The van der Waals surface area contributed by atoms with Gasteiger partial charge >= 0.3 is 5.63 Å². The molecule has 1 heterocycles. The van der Waals surface area contributed by atoms with Gasteiger partial charge in [0, 0.05) is 16.5 Å². The lowest BCUT2D eigenvalue weighted by Gasteiger charge is -2.12. The minimum absolute atomic E-state index is 0.218. The van der Waals surface area contributed by atoms with Gasteiger partial charge in [0.1, 0.15) is 17.9 Å². The number of fused-ring (bicyclic) bond motifs is 3. The molecule has 0 unspecified atom stereocenters. The number of halogens is 2. The number of rotatable bonds is 3. The Bertz CT molecular complexity index is 1040. The Hall–Kier alpha value is -1.97. The summed E-state index contributed by atoms with van der Waals surface area (Å²) in [6, 6.07) is 9.33. The molecule has 0 saturated carbocycles. The summed E-state index contributed by atoms with van der Waals surface area (Å²) in [7, 11) is 0. The van der Waals surface area contributed by atoms with Gasteiger partial charge in [-0.1, -0.05) is 29.3 Å². The summed E-state index contributed by atoms with van der Waals surface area (Å²) in [5.41, 5.74) is 4.12. The summed E-state index contributed by atoms with van der Waals surface area (Å²) in [4.78, 5) is 12.2. The highest BCUT2D eigenvalue weighted by atomic mass is 35.5. The van der Waals surface area contributed by atoms with Crippen molar-refractivity contribution in [2.75, 3.05) is 0 Å². The summed E-state index contributed by atoms with van der Waals surface area (Å²) in [5.74, 6) is 0.694. The van der Waals surface area contributed by atoms with Crippen LogP contribution in [0.15, 0.2) is 39.5 Å². The van der Waals surface area contributed by atoms with Crippen molar-refractivity contribution in [2.45, 2.75) is 32.8 Å². The van der Waals surface area contributed by atoms with E-state index in [1.165, 1.54) is 0 Å². The van der Waals surface area contributed by atoms with E-state index >= 15 is 0 Å². The monoisotopic (exact) mass is 374 g/mol. The van der Waals surface area contributed by atoms with Crippen LogP contribution < -0.4 is 10.4 Å². The van der Waals surface area contributed by atoms with Crippen LogP contribution in [0.1, 0.15) is 28.7 Å². The second-order valence-electron chi connectivity index (χ2n) is 6.30. The zero-order valence-electron chi connectivity index (χ0n) is 13.7. The normalized spacial score (nSPS) is 13.2. The van der Waals surface area contributed by atoms with Gasteiger partial charge in [-0.05, 0) is 61.6 Å². The molecule has 0 N–H and O–H groups in total. The van der Waals surface area contributed by atoms with Gasteiger partial charge in [-0.2, -0.15) is 0 Å². The van der Waals surface area contributed by atoms with E-state index in [9.17, 15) is 4.79 Å². The lowest BCUT2D eigenvalue weighted by molar-refractivity contribution is 0.304. The van der Waals surface area contributed by atoms with Gasteiger partial charge in [-0.3, -0.25) is 0 Å². The molecule has 0 radical (unpaired) electrons. The fraction of sp³-hybridized carbons (Fsp3) is 0.250. The van der Waals surface area contributed by atoms with Crippen LogP contribution in [0.4, 0.5) is 0 Å². The van der Waals surface area contributed by atoms with Crippen molar-refractivity contribution in [3.8, 4) is 5.75 Å². The maximum absolute atomic E-state index is 12.2. The standard InChI is InChI=1S/C20H16Cl2O3/c1-11-18(24-10-12-5-7-16(21)17(22)9-12)8-6-14-13-3-2-4-15(13)20(23)25-19(11)14/h5-9H,2-4,10H2,1H3. The molecule has 1 aromatic heterocycles. The molecule has 0 fully saturated rings. The third kappa shape index (κ3) is 2.92. The van der Waals surface area contributed by atoms with Crippen LogP contribution in [0.25, 0.3) is 11.0 Å². The molecule has 0 spiro atoms. The highest BCUT2D eigenvalue weighted by molar-refractivity contribution is 6.42. The lowest BCUT2D eigenvalue weighted by Crippen LogP contribution is -2.08. The molecule has 0 bridgehead atoms. The van der Waals surface area contributed by atoms with Crippen molar-refractivity contribution in [2.24, 2.45) is 0 Å². The van der Waals surface area contributed by atoms with Crippen molar-refractivity contribution in [1.82, 2.24) is 0 Å². The van der Waals surface area contributed by atoms with Crippen LogP contribution in [0, 0.1) is 6.92 Å². The number of hydrogen-bond donors (Lipinski definition) is 0. The zero-order chi connectivity index (χ0) is 17.6. The average Bonchev–Trinajstić information content (AvgIpc) is 3.09. The number of aryl methyl sites for hydroxylation is 2. The maximum Gasteiger partial charge on any atom is 0.339 e. The zero-order valence-corrected chi connectivity index (χ0v) is 15.2. The highest BCUT2D eigenvalue weighted by Gasteiger charge is 2.21. The molecule has 2 aromatic carbocycles. The molecule has 3 aromatic rings. The van der Waals surface area contributed by atoms with Crippen molar-refractivity contribution >= 4 is 34.2 Å². The minimum atomic E-state index is -0.218. The molecule has 1 aliphatic carbocycles. The fourth-order valence-electron chi connectivity index (χ4n) is 3.41. The average molecular weight is 375 g/mol. The van der Waals surface area contributed by atoms with Crippen molar-refractivity contribution in [3.63, 3.8) is 0 Å². The van der Waals surface area contributed by atoms with Crippen LogP contribution in [0.5, 0.6) is 5.75 Å². The first kappa shape index (κ1) is 16.5. The van der Waals surface area contributed by atoms with E-state index in [1.807, 2.05) is 25.1 Å². The Morgan fingerprint density at radius 2 is 1.88 bits per heavy atom. The SMILES string of the molecule is Cc1c(OCc2ccc(Cl)c(Cl)c2)ccc2c3c(c(=O)oc12)CCC3. The molecule has 1 aliphatic rings. The van der Waals surface area contributed by atoms with Crippen LogP contribution in [-0.2, 0) is 19.4 Å². The Morgan fingerprint density at radius 1 is 1.08 bits per heavy atom. The molecule has 25 heavy (non-hydrogen) atoms. The molecule has 0 amide bonds. The molecule has 5 heteroatoms. The first-order valence-electron chi connectivity index (χ1n) is 8.19.